The summed E-state index contributed by atoms with van der Waals surface area (Å²) < 4.78 is 13.8. The summed E-state index contributed by atoms with van der Waals surface area (Å²) in [6.45, 7) is 5.07. The minimum absolute atomic E-state index is 0.107. The quantitative estimate of drug-likeness (QED) is 0.176. The fourth-order valence-electron chi connectivity index (χ4n) is 6.77. The number of amides is 2. The van der Waals surface area contributed by atoms with E-state index in [2.05, 4.69) is 74.0 Å². The number of anilines is 1. The van der Waals surface area contributed by atoms with E-state index in [1.165, 1.54) is 16.2 Å². The number of carbonyl (C=O) groups excluding carboxylic acids is 2. The molecule has 2 aliphatic heterocycles. The zero-order chi connectivity index (χ0) is 33.4. The first-order valence-electron chi connectivity index (χ1n) is 16.3. The van der Waals surface area contributed by atoms with Crippen LogP contribution in [0.1, 0.15) is 44.3 Å². The predicted molar refractivity (Wildman–Crippen MR) is 190 cm³/mol. The van der Waals surface area contributed by atoms with Gasteiger partial charge in [0.15, 0.2) is 5.01 Å². The smallest absolute Gasteiger partial charge is 0.284 e. The van der Waals surface area contributed by atoms with Crippen LogP contribution in [-0.4, -0.2) is 66.7 Å². The number of hydrogen-bond acceptors (Lipinski definition) is 8. The van der Waals surface area contributed by atoms with E-state index < -0.39 is 0 Å². The van der Waals surface area contributed by atoms with Crippen molar-refractivity contribution in [1.29, 1.82) is 0 Å². The number of hydrogen-bond donors (Lipinski definition) is 3. The molecule has 0 saturated carbocycles. The Balaban J connectivity index is 1.16. The second-order valence-corrected chi connectivity index (χ2v) is 13.6. The Labute approximate surface area is 284 Å². The van der Waals surface area contributed by atoms with Crippen molar-refractivity contribution in [1.82, 2.24) is 25.1 Å². The lowest BCUT2D eigenvalue weighted by atomic mass is 9.96. The van der Waals surface area contributed by atoms with Gasteiger partial charge in [-0.3, -0.25) is 9.59 Å². The molecule has 11 heteroatoms. The third-order valence-corrected chi connectivity index (χ3v) is 10.5. The number of aromatic nitrogens is 2. The number of likely N-dealkylation sites (N-methyl/N-ethyl adjacent to an activating group) is 1. The zero-order valence-electron chi connectivity index (χ0n) is 27.7. The van der Waals surface area contributed by atoms with E-state index in [0.29, 0.717) is 24.5 Å². The van der Waals surface area contributed by atoms with Gasteiger partial charge in [-0.1, -0.05) is 24.3 Å². The maximum absolute atomic E-state index is 13.3. The summed E-state index contributed by atoms with van der Waals surface area (Å²) in [5.41, 5.74) is 7.80. The molecule has 2 aliphatic rings. The maximum atomic E-state index is 13.3. The number of carbonyl (C=O) groups is 2. The second-order valence-electron chi connectivity index (χ2n) is 12.5. The lowest BCUT2D eigenvalue weighted by Crippen LogP contribution is -2.35. The van der Waals surface area contributed by atoms with Gasteiger partial charge in [0.1, 0.15) is 11.5 Å². The molecular formula is C37H40N6O4S. The van der Waals surface area contributed by atoms with E-state index >= 15 is 0 Å². The van der Waals surface area contributed by atoms with Crippen molar-refractivity contribution < 1.29 is 19.1 Å². The third kappa shape index (κ3) is 6.16. The molecule has 3 N–H and O–H groups in total. The van der Waals surface area contributed by atoms with E-state index in [4.69, 9.17) is 9.47 Å². The number of benzene rings is 3. The Morgan fingerprint density at radius 3 is 2.58 bits per heavy atom. The van der Waals surface area contributed by atoms with Crippen LogP contribution >= 0.6 is 11.3 Å². The Morgan fingerprint density at radius 2 is 1.83 bits per heavy atom. The monoisotopic (exact) mass is 664 g/mol. The number of nitrogens with zero attached hydrogens (tertiary/aromatic N) is 3. The molecule has 4 heterocycles. The van der Waals surface area contributed by atoms with E-state index in [1.54, 1.807) is 14.2 Å². The molecule has 1 unspecified atom stereocenters. The minimum atomic E-state index is -0.173. The highest BCUT2D eigenvalue weighted by Crippen LogP contribution is 2.38. The fourth-order valence-corrected chi connectivity index (χ4v) is 7.86. The summed E-state index contributed by atoms with van der Waals surface area (Å²) in [4.78, 5) is 33.0. The van der Waals surface area contributed by atoms with Gasteiger partial charge in [-0.05, 0) is 55.3 Å². The van der Waals surface area contributed by atoms with Crippen molar-refractivity contribution in [3.63, 3.8) is 0 Å². The van der Waals surface area contributed by atoms with Gasteiger partial charge in [-0.2, -0.15) is 0 Å². The number of ether oxygens (including phenoxy) is 2. The number of methoxy groups -OCH3 is 2. The highest BCUT2D eigenvalue weighted by Gasteiger charge is 2.23. The number of thiazole rings is 1. The van der Waals surface area contributed by atoms with Crippen molar-refractivity contribution in [2.75, 3.05) is 39.7 Å². The summed E-state index contributed by atoms with van der Waals surface area (Å²) in [6.07, 6.45) is 4.35. The number of fused-ring (bicyclic) bond motifs is 2. The van der Waals surface area contributed by atoms with Gasteiger partial charge in [0.25, 0.3) is 5.91 Å². The highest BCUT2D eigenvalue weighted by molar-refractivity contribution is 7.13. The average molecular weight is 665 g/mol. The molecule has 3 aromatic carbocycles. The minimum Gasteiger partial charge on any atom is -0.496 e. The molecule has 48 heavy (non-hydrogen) atoms. The van der Waals surface area contributed by atoms with Crippen molar-refractivity contribution >= 4 is 39.7 Å². The first kappa shape index (κ1) is 31.9. The molecule has 10 nitrogen and oxygen atoms in total. The molecular weight excluding hydrogens is 625 g/mol. The largest absolute Gasteiger partial charge is 0.496 e. The molecule has 1 atom stereocenters. The van der Waals surface area contributed by atoms with Gasteiger partial charge in [0, 0.05) is 79.3 Å². The molecule has 7 rings (SSSR count). The lowest BCUT2D eigenvalue weighted by molar-refractivity contribution is -0.119. The second kappa shape index (κ2) is 13.4. The summed E-state index contributed by atoms with van der Waals surface area (Å²) in [5.74, 6) is 1.37. The average Bonchev–Trinajstić information content (AvgIpc) is 3.83. The number of nitrogens with one attached hydrogen (secondary N) is 3. The molecule has 248 valence electrons. The van der Waals surface area contributed by atoms with Gasteiger partial charge >= 0.3 is 0 Å². The van der Waals surface area contributed by atoms with Crippen molar-refractivity contribution in [3.05, 3.63) is 87.5 Å². The topological polar surface area (TPSA) is 110 Å². The summed E-state index contributed by atoms with van der Waals surface area (Å²) >= 11 is 1.49. The molecule has 2 amide bonds. The molecule has 2 aromatic heterocycles. The molecule has 5 aromatic rings. The highest BCUT2D eigenvalue weighted by atomic mass is 32.1. The number of rotatable bonds is 10. The van der Waals surface area contributed by atoms with E-state index in [0.717, 1.165) is 87.7 Å². The van der Waals surface area contributed by atoms with E-state index in [-0.39, 0.29) is 17.9 Å². The summed E-state index contributed by atoms with van der Waals surface area (Å²) in [7, 11) is 5.43. The van der Waals surface area contributed by atoms with Crippen LogP contribution in [0.2, 0.25) is 0 Å². The molecule has 1 saturated heterocycles. The molecule has 0 aliphatic carbocycles. The molecule has 0 bridgehead atoms. The lowest BCUT2D eigenvalue weighted by Gasteiger charge is -2.20. The first-order valence-corrected chi connectivity index (χ1v) is 17.1. The maximum Gasteiger partial charge on any atom is 0.284 e. The fraction of sp³-hybridized carbons (Fsp3) is 0.324. The van der Waals surface area contributed by atoms with Gasteiger partial charge in [0.2, 0.25) is 5.91 Å². The molecule has 0 radical (unpaired) electrons. The van der Waals surface area contributed by atoms with Crippen LogP contribution in [0.25, 0.3) is 27.7 Å². The normalized spacial score (nSPS) is 16.2. The van der Waals surface area contributed by atoms with Gasteiger partial charge in [-0.25, -0.2) is 4.98 Å². The van der Waals surface area contributed by atoms with Crippen LogP contribution < -0.4 is 25.4 Å². The van der Waals surface area contributed by atoms with Crippen LogP contribution in [0.4, 0.5) is 5.69 Å². The summed E-state index contributed by atoms with van der Waals surface area (Å²) in [5, 5.41) is 11.2. The van der Waals surface area contributed by atoms with Crippen LogP contribution in [0.15, 0.2) is 60.8 Å². The van der Waals surface area contributed by atoms with Crippen LogP contribution in [0.5, 0.6) is 11.5 Å². The van der Waals surface area contributed by atoms with Gasteiger partial charge < -0.3 is 34.9 Å². The van der Waals surface area contributed by atoms with Crippen LogP contribution in [-0.2, 0) is 24.3 Å². The standard InChI is InChI=1S/C37H40N6O4S/c1-22-25(7-5-9-29(22)40-36(45)37-41-30-14-15-42(2)21-34(30)48-37)26-8-6-10-31-27(26)13-16-43(31)24-17-32(46-3)28(33(18-24)47-4)20-38-19-23-11-12-35(44)39-23/h5-10,13,16-18,23,38H,11-12,14-15,19-21H2,1-4H3,(H,39,44)(H,40,45). The van der Waals surface area contributed by atoms with Crippen LogP contribution in [0, 0.1) is 6.92 Å². The molecule has 0 spiro atoms. The van der Waals surface area contributed by atoms with Crippen LogP contribution in [0.3, 0.4) is 0 Å². The van der Waals surface area contributed by atoms with Crippen molar-refractivity contribution in [3.8, 4) is 28.3 Å². The predicted octanol–water partition coefficient (Wildman–Crippen LogP) is 5.69. The first-order chi connectivity index (χ1) is 23.3. The SMILES string of the molecule is COc1cc(-n2ccc3c(-c4cccc(NC(=O)c5nc6c(s5)CN(C)CC6)c4C)cccc32)cc(OC)c1CNCC1CCC(=O)N1. The van der Waals surface area contributed by atoms with Crippen molar-refractivity contribution in [2.45, 2.75) is 45.3 Å². The molecule has 1 fully saturated rings. The summed E-state index contributed by atoms with van der Waals surface area (Å²) in [6, 6.07) is 18.6. The van der Waals surface area contributed by atoms with E-state index in [9.17, 15) is 9.59 Å². The van der Waals surface area contributed by atoms with Crippen molar-refractivity contribution in [2.24, 2.45) is 0 Å². The Kier molecular flexibility index (Phi) is 8.91. The Morgan fingerprint density at radius 1 is 1.06 bits per heavy atom. The Hall–Kier alpha value is -4.71. The third-order valence-electron chi connectivity index (χ3n) is 9.37. The Bertz CT molecular complexity index is 1990. The van der Waals surface area contributed by atoms with Gasteiger partial charge in [-0.15, -0.1) is 11.3 Å². The van der Waals surface area contributed by atoms with Gasteiger partial charge in [0.05, 0.1) is 36.7 Å². The zero-order valence-corrected chi connectivity index (χ0v) is 28.5. The van der Waals surface area contributed by atoms with E-state index in [1.807, 2.05) is 31.2 Å².